The standard InChI is InChI=1S/C13H26N2O/c1-2-3-6-14-7-9-15(10-8-14)12-13-5-4-11-16-13/h13H,2-12H2,1H3. The summed E-state index contributed by atoms with van der Waals surface area (Å²) in [6, 6.07) is 0. The van der Waals surface area contributed by atoms with Crippen molar-refractivity contribution >= 4 is 0 Å². The molecule has 0 N–H and O–H groups in total. The second-order valence-corrected chi connectivity index (χ2v) is 5.13. The van der Waals surface area contributed by atoms with Gasteiger partial charge < -0.3 is 9.64 Å². The molecule has 0 amide bonds. The van der Waals surface area contributed by atoms with Crippen molar-refractivity contribution in [3.05, 3.63) is 0 Å². The van der Waals surface area contributed by atoms with E-state index in [9.17, 15) is 0 Å². The number of hydrogen-bond donors (Lipinski definition) is 0. The summed E-state index contributed by atoms with van der Waals surface area (Å²) in [5.41, 5.74) is 0. The maximum atomic E-state index is 5.69. The van der Waals surface area contributed by atoms with Crippen LogP contribution in [-0.4, -0.2) is 61.8 Å². The molecular weight excluding hydrogens is 200 g/mol. The van der Waals surface area contributed by atoms with E-state index in [2.05, 4.69) is 16.7 Å². The highest BCUT2D eigenvalue weighted by molar-refractivity contribution is 4.76. The number of rotatable bonds is 5. The number of piperazine rings is 1. The molecule has 0 spiro atoms. The van der Waals surface area contributed by atoms with Crippen LogP contribution in [0.5, 0.6) is 0 Å². The Morgan fingerprint density at radius 3 is 2.50 bits per heavy atom. The van der Waals surface area contributed by atoms with Crippen molar-refractivity contribution in [1.29, 1.82) is 0 Å². The molecule has 0 aliphatic carbocycles. The first-order valence-electron chi connectivity index (χ1n) is 6.95. The molecule has 2 rings (SSSR count). The average molecular weight is 226 g/mol. The van der Waals surface area contributed by atoms with Gasteiger partial charge in [0.25, 0.3) is 0 Å². The number of unbranched alkanes of at least 4 members (excludes halogenated alkanes) is 1. The molecule has 0 saturated carbocycles. The molecule has 2 aliphatic rings. The maximum Gasteiger partial charge on any atom is 0.0702 e. The lowest BCUT2D eigenvalue weighted by Gasteiger charge is -2.35. The molecular formula is C13H26N2O. The summed E-state index contributed by atoms with van der Waals surface area (Å²) in [7, 11) is 0. The van der Waals surface area contributed by atoms with Gasteiger partial charge in [-0.25, -0.2) is 0 Å². The Kier molecular flexibility index (Phi) is 5.07. The Bertz CT molecular complexity index is 184. The zero-order valence-electron chi connectivity index (χ0n) is 10.7. The van der Waals surface area contributed by atoms with E-state index in [4.69, 9.17) is 4.74 Å². The third-order valence-electron chi connectivity index (χ3n) is 3.78. The van der Waals surface area contributed by atoms with Gasteiger partial charge in [-0.2, -0.15) is 0 Å². The van der Waals surface area contributed by atoms with E-state index >= 15 is 0 Å². The zero-order chi connectivity index (χ0) is 11.2. The van der Waals surface area contributed by atoms with Gasteiger partial charge in [-0.05, 0) is 25.8 Å². The van der Waals surface area contributed by atoms with Crippen LogP contribution in [-0.2, 0) is 4.74 Å². The average Bonchev–Trinajstić information content (AvgIpc) is 2.81. The summed E-state index contributed by atoms with van der Waals surface area (Å²) in [5, 5.41) is 0. The molecule has 3 nitrogen and oxygen atoms in total. The van der Waals surface area contributed by atoms with E-state index in [1.807, 2.05) is 0 Å². The van der Waals surface area contributed by atoms with E-state index in [1.54, 1.807) is 0 Å². The first kappa shape index (κ1) is 12.3. The monoisotopic (exact) mass is 226 g/mol. The molecule has 0 bridgehead atoms. The van der Waals surface area contributed by atoms with Gasteiger partial charge in [0, 0.05) is 39.3 Å². The SMILES string of the molecule is CCCCN1CCN(CC2CCCO2)CC1. The summed E-state index contributed by atoms with van der Waals surface area (Å²) < 4.78 is 5.69. The van der Waals surface area contributed by atoms with Gasteiger partial charge in [-0.3, -0.25) is 4.90 Å². The normalized spacial score (nSPS) is 28.7. The minimum Gasteiger partial charge on any atom is -0.377 e. The van der Waals surface area contributed by atoms with Crippen molar-refractivity contribution in [2.24, 2.45) is 0 Å². The predicted octanol–water partition coefficient (Wildman–Crippen LogP) is 1.58. The molecule has 1 unspecified atom stereocenters. The van der Waals surface area contributed by atoms with Crippen LogP contribution in [0, 0.1) is 0 Å². The molecule has 0 aromatic heterocycles. The highest BCUT2D eigenvalue weighted by Crippen LogP contribution is 2.14. The lowest BCUT2D eigenvalue weighted by molar-refractivity contribution is 0.0502. The summed E-state index contributed by atoms with van der Waals surface area (Å²) >= 11 is 0. The number of ether oxygens (including phenoxy) is 1. The van der Waals surface area contributed by atoms with Crippen molar-refractivity contribution < 1.29 is 4.74 Å². The molecule has 16 heavy (non-hydrogen) atoms. The Hall–Kier alpha value is -0.120. The molecule has 0 aromatic carbocycles. The topological polar surface area (TPSA) is 15.7 Å². The van der Waals surface area contributed by atoms with E-state index in [0.29, 0.717) is 6.10 Å². The molecule has 2 aliphatic heterocycles. The van der Waals surface area contributed by atoms with Crippen molar-refractivity contribution in [2.75, 3.05) is 45.9 Å². The summed E-state index contributed by atoms with van der Waals surface area (Å²) in [4.78, 5) is 5.19. The second kappa shape index (κ2) is 6.58. The Morgan fingerprint density at radius 2 is 1.88 bits per heavy atom. The summed E-state index contributed by atoms with van der Waals surface area (Å²) in [6.45, 7) is 10.7. The van der Waals surface area contributed by atoms with Gasteiger partial charge in [-0.1, -0.05) is 13.3 Å². The van der Waals surface area contributed by atoms with Crippen molar-refractivity contribution in [3.63, 3.8) is 0 Å². The summed E-state index contributed by atoms with van der Waals surface area (Å²) in [5.74, 6) is 0. The molecule has 2 saturated heterocycles. The number of hydrogen-bond acceptors (Lipinski definition) is 3. The van der Waals surface area contributed by atoms with Crippen LogP contribution in [0.4, 0.5) is 0 Å². The maximum absolute atomic E-state index is 5.69. The van der Waals surface area contributed by atoms with E-state index in [0.717, 1.165) is 6.61 Å². The minimum atomic E-state index is 0.530. The first-order valence-corrected chi connectivity index (χ1v) is 6.95. The van der Waals surface area contributed by atoms with Crippen LogP contribution in [0.15, 0.2) is 0 Å². The van der Waals surface area contributed by atoms with Crippen LogP contribution in [0.3, 0.4) is 0 Å². The fraction of sp³-hybridized carbons (Fsp3) is 1.00. The van der Waals surface area contributed by atoms with Gasteiger partial charge in [0.05, 0.1) is 6.10 Å². The molecule has 0 aromatic rings. The van der Waals surface area contributed by atoms with Crippen LogP contribution in [0.2, 0.25) is 0 Å². The third-order valence-corrected chi connectivity index (χ3v) is 3.78. The van der Waals surface area contributed by atoms with Crippen LogP contribution < -0.4 is 0 Å². The molecule has 94 valence electrons. The lowest BCUT2D eigenvalue weighted by Crippen LogP contribution is -2.48. The van der Waals surface area contributed by atoms with Gasteiger partial charge in [0.2, 0.25) is 0 Å². The number of nitrogens with zero attached hydrogens (tertiary/aromatic N) is 2. The largest absolute Gasteiger partial charge is 0.377 e. The zero-order valence-corrected chi connectivity index (χ0v) is 10.7. The van der Waals surface area contributed by atoms with Gasteiger partial charge in [0.1, 0.15) is 0 Å². The van der Waals surface area contributed by atoms with Gasteiger partial charge in [-0.15, -0.1) is 0 Å². The highest BCUT2D eigenvalue weighted by Gasteiger charge is 2.22. The van der Waals surface area contributed by atoms with Crippen LogP contribution >= 0.6 is 0 Å². The first-order chi connectivity index (χ1) is 7.88. The molecule has 0 radical (unpaired) electrons. The molecule has 2 fully saturated rings. The Morgan fingerprint density at radius 1 is 1.12 bits per heavy atom. The second-order valence-electron chi connectivity index (χ2n) is 5.13. The predicted molar refractivity (Wildman–Crippen MR) is 66.8 cm³/mol. The minimum absolute atomic E-state index is 0.530. The van der Waals surface area contributed by atoms with E-state index in [1.165, 1.54) is 65.0 Å². The smallest absolute Gasteiger partial charge is 0.0702 e. The van der Waals surface area contributed by atoms with Crippen LogP contribution in [0.25, 0.3) is 0 Å². The fourth-order valence-corrected chi connectivity index (χ4v) is 2.65. The van der Waals surface area contributed by atoms with Gasteiger partial charge >= 0.3 is 0 Å². The summed E-state index contributed by atoms with van der Waals surface area (Å²) in [6.07, 6.45) is 5.74. The van der Waals surface area contributed by atoms with Gasteiger partial charge in [0.15, 0.2) is 0 Å². The van der Waals surface area contributed by atoms with E-state index in [-0.39, 0.29) is 0 Å². The quantitative estimate of drug-likeness (QED) is 0.708. The fourth-order valence-electron chi connectivity index (χ4n) is 2.65. The van der Waals surface area contributed by atoms with Crippen molar-refractivity contribution in [1.82, 2.24) is 9.80 Å². The molecule has 1 atom stereocenters. The highest BCUT2D eigenvalue weighted by atomic mass is 16.5. The Labute approximate surface area is 99.7 Å². The Balaban J connectivity index is 1.60. The van der Waals surface area contributed by atoms with E-state index < -0.39 is 0 Å². The van der Waals surface area contributed by atoms with Crippen LogP contribution in [0.1, 0.15) is 32.6 Å². The third kappa shape index (κ3) is 3.72. The van der Waals surface area contributed by atoms with Crippen molar-refractivity contribution in [2.45, 2.75) is 38.7 Å². The lowest BCUT2D eigenvalue weighted by atomic mass is 10.2. The molecule has 2 heterocycles. The van der Waals surface area contributed by atoms with Crippen molar-refractivity contribution in [3.8, 4) is 0 Å². The molecule has 3 heteroatoms.